The van der Waals surface area contributed by atoms with E-state index in [4.69, 9.17) is 4.43 Å². The number of hydrogen-bond donors (Lipinski definition) is 0. The van der Waals surface area contributed by atoms with Crippen molar-refractivity contribution in [2.45, 2.75) is 51.7 Å². The Kier molecular flexibility index (Phi) is 8.41. The predicted octanol–water partition coefficient (Wildman–Crippen LogP) is 4.18. The third kappa shape index (κ3) is 8.97. The maximum Gasteiger partial charge on any atom is 0.187 e. The van der Waals surface area contributed by atoms with Gasteiger partial charge in [0, 0.05) is 11.9 Å². The van der Waals surface area contributed by atoms with E-state index in [-0.39, 0.29) is 0 Å². The molecule has 0 radical (unpaired) electrons. The average Bonchev–Trinajstić information content (AvgIpc) is 2.04. The van der Waals surface area contributed by atoms with Crippen molar-refractivity contribution < 1.29 is 4.43 Å². The van der Waals surface area contributed by atoms with Crippen LogP contribution in [0.4, 0.5) is 0 Å². The Labute approximate surface area is 92.5 Å². The van der Waals surface area contributed by atoms with Gasteiger partial charge < -0.3 is 4.43 Å². The van der Waals surface area contributed by atoms with Crippen LogP contribution >= 0.6 is 15.9 Å². The van der Waals surface area contributed by atoms with Gasteiger partial charge in [-0.1, -0.05) is 42.1 Å². The van der Waals surface area contributed by atoms with Gasteiger partial charge in [0.15, 0.2) is 8.32 Å². The molecule has 0 N–H and O–H groups in total. The quantitative estimate of drug-likeness (QED) is 0.364. The Bertz CT molecular complexity index is 117. The van der Waals surface area contributed by atoms with Gasteiger partial charge in [-0.25, -0.2) is 0 Å². The second-order valence-electron chi connectivity index (χ2n) is 4.11. The lowest BCUT2D eigenvalue weighted by Crippen LogP contribution is -2.30. The van der Waals surface area contributed by atoms with Gasteiger partial charge in [-0.05, 0) is 25.6 Å². The summed E-state index contributed by atoms with van der Waals surface area (Å²) in [4.78, 5) is 0. The minimum absolute atomic E-state index is 0.978. The highest BCUT2D eigenvalue weighted by Gasteiger charge is 2.20. The standard InChI is InChI=1S/C10H23BrOSi/c1-4-5-6-7-9-12-13(2,3)10-8-11/h4-10H2,1-3H3. The maximum atomic E-state index is 5.93. The first-order valence-corrected chi connectivity index (χ1v) is 9.56. The van der Waals surface area contributed by atoms with Crippen LogP contribution in [0.3, 0.4) is 0 Å². The SMILES string of the molecule is CCCCCCO[Si](C)(C)CCBr. The summed E-state index contributed by atoms with van der Waals surface area (Å²) in [5.41, 5.74) is 0. The first-order chi connectivity index (χ1) is 6.12. The van der Waals surface area contributed by atoms with Gasteiger partial charge >= 0.3 is 0 Å². The lowest BCUT2D eigenvalue weighted by molar-refractivity contribution is 0.295. The van der Waals surface area contributed by atoms with Crippen molar-refractivity contribution in [1.82, 2.24) is 0 Å². The van der Waals surface area contributed by atoms with Crippen LogP contribution in [0.1, 0.15) is 32.6 Å². The van der Waals surface area contributed by atoms with E-state index in [9.17, 15) is 0 Å². The molecule has 0 fully saturated rings. The summed E-state index contributed by atoms with van der Waals surface area (Å²) in [6, 6.07) is 1.22. The maximum absolute atomic E-state index is 5.93. The molecule has 1 nitrogen and oxygen atoms in total. The van der Waals surface area contributed by atoms with Crippen molar-refractivity contribution in [3.05, 3.63) is 0 Å². The van der Waals surface area contributed by atoms with Gasteiger partial charge in [0.25, 0.3) is 0 Å². The molecule has 0 aromatic heterocycles. The zero-order chi connectivity index (χ0) is 10.2. The molecule has 80 valence electrons. The summed E-state index contributed by atoms with van der Waals surface area (Å²) in [6.07, 6.45) is 5.23. The van der Waals surface area contributed by atoms with E-state index in [1.165, 1.54) is 31.7 Å². The minimum Gasteiger partial charge on any atom is -0.417 e. The van der Waals surface area contributed by atoms with Crippen LogP contribution in [0.15, 0.2) is 0 Å². The van der Waals surface area contributed by atoms with Crippen LogP contribution in [0, 0.1) is 0 Å². The van der Waals surface area contributed by atoms with Gasteiger partial charge in [0.2, 0.25) is 0 Å². The van der Waals surface area contributed by atoms with Crippen molar-refractivity contribution in [2.24, 2.45) is 0 Å². The first-order valence-electron chi connectivity index (χ1n) is 5.32. The molecule has 3 heteroatoms. The summed E-state index contributed by atoms with van der Waals surface area (Å²) in [6.45, 7) is 7.82. The van der Waals surface area contributed by atoms with Gasteiger partial charge in [-0.15, -0.1) is 0 Å². The van der Waals surface area contributed by atoms with E-state index in [1.54, 1.807) is 0 Å². The minimum atomic E-state index is -1.31. The van der Waals surface area contributed by atoms with Crippen molar-refractivity contribution in [2.75, 3.05) is 11.9 Å². The van der Waals surface area contributed by atoms with Crippen molar-refractivity contribution in [3.63, 3.8) is 0 Å². The zero-order valence-electron chi connectivity index (χ0n) is 9.24. The Hall–Kier alpha value is 0.657. The third-order valence-corrected chi connectivity index (χ3v) is 5.76. The molecule has 0 aliphatic heterocycles. The summed E-state index contributed by atoms with van der Waals surface area (Å²) in [5.74, 6) is 0. The summed E-state index contributed by atoms with van der Waals surface area (Å²) in [5, 5.41) is 1.08. The van der Waals surface area contributed by atoms with Gasteiger partial charge in [0.1, 0.15) is 0 Å². The van der Waals surface area contributed by atoms with Crippen LogP contribution in [-0.2, 0) is 4.43 Å². The fourth-order valence-corrected chi connectivity index (χ4v) is 5.34. The van der Waals surface area contributed by atoms with Gasteiger partial charge in [-0.3, -0.25) is 0 Å². The molecule has 0 saturated carbocycles. The number of hydrogen-bond acceptors (Lipinski definition) is 1. The number of unbranched alkanes of at least 4 members (excludes halogenated alkanes) is 3. The smallest absolute Gasteiger partial charge is 0.187 e. The Morgan fingerprint density at radius 2 is 1.85 bits per heavy atom. The molecule has 0 amide bonds. The molecular formula is C10H23BrOSi. The average molecular weight is 267 g/mol. The van der Waals surface area contributed by atoms with E-state index >= 15 is 0 Å². The summed E-state index contributed by atoms with van der Waals surface area (Å²) in [7, 11) is -1.31. The molecular weight excluding hydrogens is 244 g/mol. The molecule has 13 heavy (non-hydrogen) atoms. The normalized spacial score (nSPS) is 12.0. The molecule has 0 unspecified atom stereocenters. The second-order valence-corrected chi connectivity index (χ2v) is 9.21. The van der Waals surface area contributed by atoms with Crippen LogP contribution < -0.4 is 0 Å². The van der Waals surface area contributed by atoms with E-state index in [1.807, 2.05) is 0 Å². The topological polar surface area (TPSA) is 9.23 Å². The molecule has 0 bridgehead atoms. The van der Waals surface area contributed by atoms with Crippen LogP contribution in [0.2, 0.25) is 19.1 Å². The van der Waals surface area contributed by atoms with Crippen molar-refractivity contribution >= 4 is 24.2 Å². The van der Waals surface area contributed by atoms with Crippen molar-refractivity contribution in [1.29, 1.82) is 0 Å². The van der Waals surface area contributed by atoms with Crippen LogP contribution in [0.5, 0.6) is 0 Å². The molecule has 0 aromatic rings. The number of rotatable bonds is 8. The van der Waals surface area contributed by atoms with Gasteiger partial charge in [0.05, 0.1) is 0 Å². The molecule has 0 saturated heterocycles. The molecule has 0 rings (SSSR count). The monoisotopic (exact) mass is 266 g/mol. The highest BCUT2D eigenvalue weighted by atomic mass is 79.9. The van der Waals surface area contributed by atoms with Gasteiger partial charge in [-0.2, -0.15) is 0 Å². The van der Waals surface area contributed by atoms with E-state index < -0.39 is 8.32 Å². The largest absolute Gasteiger partial charge is 0.417 e. The molecule has 0 aliphatic rings. The Balaban J connectivity index is 3.29. The lowest BCUT2D eigenvalue weighted by Gasteiger charge is -2.21. The van der Waals surface area contributed by atoms with Crippen LogP contribution in [-0.4, -0.2) is 20.3 Å². The molecule has 0 aliphatic carbocycles. The molecule has 0 atom stereocenters. The summed E-state index contributed by atoms with van der Waals surface area (Å²) >= 11 is 3.47. The highest BCUT2D eigenvalue weighted by molar-refractivity contribution is 9.09. The summed E-state index contributed by atoms with van der Waals surface area (Å²) < 4.78 is 5.93. The Morgan fingerprint density at radius 1 is 1.15 bits per heavy atom. The highest BCUT2D eigenvalue weighted by Crippen LogP contribution is 2.13. The number of halogens is 1. The molecule has 0 aromatic carbocycles. The fourth-order valence-electron chi connectivity index (χ4n) is 1.18. The van der Waals surface area contributed by atoms with E-state index in [0.29, 0.717) is 0 Å². The van der Waals surface area contributed by atoms with E-state index in [2.05, 4.69) is 35.9 Å². The number of alkyl halides is 1. The molecule has 0 spiro atoms. The second kappa shape index (κ2) is 8.01. The van der Waals surface area contributed by atoms with Crippen LogP contribution in [0.25, 0.3) is 0 Å². The predicted molar refractivity (Wildman–Crippen MR) is 66.2 cm³/mol. The van der Waals surface area contributed by atoms with E-state index in [0.717, 1.165) is 11.9 Å². The Morgan fingerprint density at radius 3 is 2.38 bits per heavy atom. The first kappa shape index (κ1) is 13.7. The van der Waals surface area contributed by atoms with Crippen molar-refractivity contribution in [3.8, 4) is 0 Å². The zero-order valence-corrected chi connectivity index (χ0v) is 11.8. The molecule has 0 heterocycles. The fraction of sp³-hybridized carbons (Fsp3) is 1.00. The lowest BCUT2D eigenvalue weighted by atomic mass is 10.2. The third-order valence-electron chi connectivity index (χ3n) is 2.19.